The van der Waals surface area contributed by atoms with E-state index in [2.05, 4.69) is 35.1 Å². The van der Waals surface area contributed by atoms with Crippen LogP contribution in [0.5, 0.6) is 0 Å². The van der Waals surface area contributed by atoms with Crippen molar-refractivity contribution in [3.63, 3.8) is 0 Å². The van der Waals surface area contributed by atoms with Gasteiger partial charge in [-0.2, -0.15) is 0 Å². The van der Waals surface area contributed by atoms with Crippen LogP contribution in [-0.2, 0) is 80.8 Å². The van der Waals surface area contributed by atoms with E-state index in [1.165, 1.54) is 128 Å². The first-order chi connectivity index (χ1) is 59.9. The monoisotopic (exact) mass is 1810 g/mol. The van der Waals surface area contributed by atoms with Crippen molar-refractivity contribution < 1.29 is 178 Å². The third-order valence-corrected chi connectivity index (χ3v) is 24.1. The predicted octanol–water partition coefficient (Wildman–Crippen LogP) is -1.51. The van der Waals surface area contributed by atoms with Crippen LogP contribution in [0.1, 0.15) is 247 Å². The minimum absolute atomic E-state index is 0.113. The van der Waals surface area contributed by atoms with Crippen molar-refractivity contribution >= 4 is 29.6 Å². The van der Waals surface area contributed by atoms with Gasteiger partial charge in [-0.3, -0.25) is 19.2 Å². The number of carbonyl (C=O) groups is 5. The Hall–Kier alpha value is -4.11. The van der Waals surface area contributed by atoms with Crippen LogP contribution < -0.4 is 21.3 Å². The molecule has 6 rings (SSSR count). The molecule has 0 aromatic carbocycles. The Morgan fingerprint density at radius 2 is 0.808 bits per heavy atom. The maximum Gasteiger partial charge on any atom is 0.364 e. The summed E-state index contributed by atoms with van der Waals surface area (Å²) in [6.07, 6.45) is -21.3. The second-order valence-corrected chi connectivity index (χ2v) is 34.2. The number of hydrogen-bond acceptors (Lipinski definition) is 35. The Morgan fingerprint density at radius 1 is 0.416 bits per heavy atom. The van der Waals surface area contributed by atoms with Gasteiger partial charge in [0.15, 0.2) is 31.5 Å². The summed E-state index contributed by atoms with van der Waals surface area (Å²) in [6, 6.07) is -6.71. The van der Waals surface area contributed by atoms with E-state index in [0.717, 1.165) is 85.0 Å². The molecule has 6 aliphatic rings. The smallest absolute Gasteiger partial charge is 0.364 e. The number of hydrogen-bond donors (Lipinski definition) is 23. The zero-order valence-corrected chi connectivity index (χ0v) is 73.4. The van der Waals surface area contributed by atoms with Crippen molar-refractivity contribution in [3.05, 3.63) is 12.2 Å². The molecule has 0 bridgehead atoms. The number of aliphatic carboxylic acids is 1. The van der Waals surface area contributed by atoms with Gasteiger partial charge in [0.1, 0.15) is 140 Å². The van der Waals surface area contributed by atoms with Crippen LogP contribution in [0.15, 0.2) is 12.2 Å². The molecule has 0 radical (unpaired) electrons. The fourth-order valence-electron chi connectivity index (χ4n) is 16.9. The first kappa shape index (κ1) is 110. The van der Waals surface area contributed by atoms with E-state index >= 15 is 0 Å². The van der Waals surface area contributed by atoms with Crippen LogP contribution in [0.4, 0.5) is 0 Å². The molecule has 23 N–H and O–H groups in total. The second-order valence-electron chi connectivity index (χ2n) is 34.2. The molecular weight excluding hydrogens is 1650 g/mol. The lowest BCUT2D eigenvalue weighted by Gasteiger charge is -2.53. The van der Waals surface area contributed by atoms with Crippen molar-refractivity contribution in [2.24, 2.45) is 0 Å². The second kappa shape index (κ2) is 58.0. The molecule has 125 heavy (non-hydrogen) atoms. The summed E-state index contributed by atoms with van der Waals surface area (Å²) in [5, 5.41) is 225. The lowest BCUT2D eigenvalue weighted by molar-refractivity contribution is -0.404. The van der Waals surface area contributed by atoms with Crippen molar-refractivity contribution in [1.82, 2.24) is 21.3 Å². The van der Waals surface area contributed by atoms with Crippen LogP contribution in [-0.4, -0.2) is 375 Å². The number of carboxylic acids is 1. The number of amides is 4. The summed E-state index contributed by atoms with van der Waals surface area (Å²) in [4.78, 5) is 66.2. The highest BCUT2D eigenvalue weighted by Crippen LogP contribution is 2.42. The van der Waals surface area contributed by atoms with Gasteiger partial charge in [0.05, 0.1) is 70.5 Å². The topological polar surface area (TPSA) is 629 Å². The number of unbranched alkanes of at least 4 members (excludes halogenated alkanes) is 29. The number of ether oxygens (including phenoxy) is 12. The van der Waals surface area contributed by atoms with E-state index in [-0.39, 0.29) is 6.42 Å². The van der Waals surface area contributed by atoms with Gasteiger partial charge in [0.2, 0.25) is 23.6 Å². The molecule has 33 atom stereocenters. The molecule has 4 amide bonds. The van der Waals surface area contributed by atoms with Gasteiger partial charge < -0.3 is 175 Å². The first-order valence-corrected chi connectivity index (χ1v) is 45.6. The Bertz CT molecular complexity index is 3040. The fraction of sp³-hybridized carbons (Fsp3) is 0.918. The average molecular weight is 1810 g/mol. The zero-order valence-electron chi connectivity index (χ0n) is 73.4. The molecular formula is C85H152N4O36. The van der Waals surface area contributed by atoms with E-state index in [4.69, 9.17) is 56.8 Å². The number of carbonyl (C=O) groups excluding carboxylic acids is 4. The third-order valence-electron chi connectivity index (χ3n) is 24.1. The molecule has 12 unspecified atom stereocenters. The molecule has 6 saturated heterocycles. The summed E-state index contributed by atoms with van der Waals surface area (Å²) in [5.41, 5.74) is 0. The fourth-order valence-corrected chi connectivity index (χ4v) is 16.9. The van der Waals surface area contributed by atoms with Gasteiger partial charge >= 0.3 is 5.97 Å². The van der Waals surface area contributed by atoms with E-state index < -0.39 is 284 Å². The van der Waals surface area contributed by atoms with E-state index in [1.54, 1.807) is 6.08 Å². The van der Waals surface area contributed by atoms with Crippen LogP contribution in [0.3, 0.4) is 0 Å². The molecule has 728 valence electrons. The summed E-state index contributed by atoms with van der Waals surface area (Å²) in [5.74, 6) is -8.75. The SMILES string of the molecule is CCCCCCCCCCCCC/C=C/[C@@H](O)[C@H](CO[C@@H]1OC(CO)[C@@H](O[C@@H]2OC(CO)[C@H](O[C@@H]3OC(CO)[C@H](O)[C@H](O[C@@H]4OC(CO)[C@H](O)[C@H](O[C@@H]5OC(CO)[C@H](O)[C@H](O)C5NC(C)=O)C4O)C3NC(C)=O)[C@H](O[C@]3(C(=O)O)CC(O)[C@@H](NC(C)=O)C([C@H](O)[C@H](O)CO)O3)C2O)[C@H](O)C1O)NC(=O)CCCCCCCCCCCCCCCCCCCCC. The summed E-state index contributed by atoms with van der Waals surface area (Å²) in [7, 11) is 0. The van der Waals surface area contributed by atoms with E-state index in [1.807, 2.05) is 0 Å². The largest absolute Gasteiger partial charge is 0.477 e. The maximum absolute atomic E-state index is 14.0. The lowest BCUT2D eigenvalue weighted by Crippen LogP contribution is -2.72. The van der Waals surface area contributed by atoms with Crippen LogP contribution in [0.2, 0.25) is 0 Å². The zero-order chi connectivity index (χ0) is 91.9. The number of nitrogens with one attached hydrogen (secondary N) is 4. The van der Waals surface area contributed by atoms with Gasteiger partial charge in [-0.05, 0) is 19.3 Å². The Labute approximate surface area is 732 Å². The number of carboxylic acid groups (broad SMARTS) is 1. The Kier molecular flexibility index (Phi) is 50.9. The molecule has 0 spiro atoms. The van der Waals surface area contributed by atoms with Crippen LogP contribution in [0, 0.1) is 0 Å². The molecule has 40 heteroatoms. The molecule has 6 heterocycles. The Balaban J connectivity index is 1.24. The molecule has 0 aliphatic carbocycles. The number of rotatable bonds is 60. The van der Waals surface area contributed by atoms with E-state index in [9.17, 15) is 121 Å². The highest BCUT2D eigenvalue weighted by molar-refractivity contribution is 5.77. The van der Waals surface area contributed by atoms with Gasteiger partial charge in [-0.15, -0.1) is 0 Å². The lowest BCUT2D eigenvalue weighted by atomic mass is 9.88. The highest BCUT2D eigenvalue weighted by atomic mass is 16.8. The van der Waals surface area contributed by atoms with Gasteiger partial charge in [0.25, 0.3) is 5.79 Å². The minimum Gasteiger partial charge on any atom is -0.477 e. The molecule has 6 fully saturated rings. The number of aliphatic hydroxyl groups excluding tert-OH is 18. The van der Waals surface area contributed by atoms with Crippen LogP contribution in [0.25, 0.3) is 0 Å². The molecule has 6 aliphatic heterocycles. The summed E-state index contributed by atoms with van der Waals surface area (Å²) >= 11 is 0. The van der Waals surface area contributed by atoms with Crippen LogP contribution >= 0.6 is 0 Å². The van der Waals surface area contributed by atoms with Gasteiger partial charge in [-0.25, -0.2) is 4.79 Å². The summed E-state index contributed by atoms with van der Waals surface area (Å²) < 4.78 is 72.7. The quantitative estimate of drug-likeness (QED) is 0.0243. The third kappa shape index (κ3) is 33.8. The first-order valence-electron chi connectivity index (χ1n) is 45.6. The highest BCUT2D eigenvalue weighted by Gasteiger charge is 2.63. The minimum atomic E-state index is -3.45. The van der Waals surface area contributed by atoms with Gasteiger partial charge in [0, 0.05) is 33.6 Å². The molecule has 40 nitrogen and oxygen atoms in total. The molecule has 0 aromatic heterocycles. The molecule has 0 aromatic rings. The van der Waals surface area contributed by atoms with Crippen molar-refractivity contribution in [3.8, 4) is 0 Å². The Morgan fingerprint density at radius 3 is 1.29 bits per heavy atom. The van der Waals surface area contributed by atoms with Gasteiger partial charge in [-0.1, -0.05) is 206 Å². The number of aliphatic hydroxyl groups is 18. The normalized spacial score (nSPS) is 35.0. The average Bonchev–Trinajstić information content (AvgIpc) is 0.724. The maximum atomic E-state index is 14.0. The summed E-state index contributed by atoms with van der Waals surface area (Å²) in [6.45, 7) is -0.0480. The van der Waals surface area contributed by atoms with Crippen molar-refractivity contribution in [1.29, 1.82) is 0 Å². The van der Waals surface area contributed by atoms with Crippen molar-refractivity contribution in [2.75, 3.05) is 46.2 Å². The van der Waals surface area contributed by atoms with Crippen molar-refractivity contribution in [2.45, 2.75) is 448 Å². The standard InChI is InChI=1S/C85H152N4O36/c1-6-8-10-12-14-16-18-20-21-22-23-24-25-27-29-31-33-35-37-39-60(102)89-51(52(99)38-36-34-32-30-28-26-19-17-15-13-11-9-7-2)47-114-81-70(109)69(108)73(58(45-94)118-81)120-83-72(111)78(125-85(84(112)113)40-53(100)61(86-48(3)96)76(124-85)64(103)54(101)41-90)74(59(46-95)119-83)121-80-63(88-50(5)98)75(66(105)56(43-92)116-80)122-82-71(110)77(67(106)57(44-93)117-82)123-79-62(87-49(4)97)68(107)65(104)55(42-91)115-79/h36,38,51-59,61-83,90-95,99-101,103-111H,6-35,37,39-47H2,1-5H3,(H,86,96)(H,87,97)(H,88,98)(H,89,102)(H,112,113)/b38-36+/t51-,52+,53?,54+,55?,56?,57?,58?,59?,61+,62?,63?,64+,65-,66-,67-,68+,69+,70?,71?,72?,73+,74-,75+,76?,77-,78+,79-,80-,81+,82-,83-,85-/m0/s1. The van der Waals surface area contributed by atoms with E-state index in [0.29, 0.717) is 12.8 Å². The predicted molar refractivity (Wildman–Crippen MR) is 441 cm³/mol. The number of allylic oxidation sites excluding steroid dienone is 1. The molecule has 0 saturated carbocycles.